The standard InChI is InChI=1S/C29H25ClFN3O6/c30-23-11-10-21(31)13-20(23)16-34-25(28(37)38)15-24(33-34)27(36)32-22(14-26(35)29(39)40)12-17-6-8-19(9-7-17)18-4-2-1-3-5-18/h1-11,13,15,22,26,35H,12,14,16H2,(H,32,36)(H,37,38)(H,39,40)/t22-,26?/m1/s1. The number of carbonyl (C=O) groups is 3. The van der Waals surface area contributed by atoms with E-state index >= 15 is 0 Å². The molecule has 0 radical (unpaired) electrons. The highest BCUT2D eigenvalue weighted by Gasteiger charge is 2.25. The molecule has 0 spiro atoms. The highest BCUT2D eigenvalue weighted by atomic mass is 35.5. The van der Waals surface area contributed by atoms with Crippen molar-refractivity contribution < 1.29 is 34.1 Å². The summed E-state index contributed by atoms with van der Waals surface area (Å²) in [7, 11) is 0. The van der Waals surface area contributed by atoms with E-state index in [1.807, 2.05) is 54.6 Å². The Bertz CT molecular complexity index is 1520. The zero-order chi connectivity index (χ0) is 28.8. The van der Waals surface area contributed by atoms with E-state index in [9.17, 15) is 34.1 Å². The first-order valence-electron chi connectivity index (χ1n) is 12.2. The fraction of sp³-hybridized carbons (Fsp3) is 0.172. The van der Waals surface area contributed by atoms with Crippen molar-refractivity contribution in [3.05, 3.63) is 112 Å². The van der Waals surface area contributed by atoms with E-state index in [0.29, 0.717) is 0 Å². The summed E-state index contributed by atoms with van der Waals surface area (Å²) < 4.78 is 14.7. The third kappa shape index (κ3) is 7.10. The molecule has 206 valence electrons. The van der Waals surface area contributed by atoms with Gasteiger partial charge in [-0.3, -0.25) is 9.48 Å². The van der Waals surface area contributed by atoms with Gasteiger partial charge < -0.3 is 20.6 Å². The molecule has 0 saturated carbocycles. The number of nitrogens with one attached hydrogen (secondary N) is 1. The van der Waals surface area contributed by atoms with E-state index < -0.39 is 35.8 Å². The maximum Gasteiger partial charge on any atom is 0.354 e. The second-order valence-corrected chi connectivity index (χ2v) is 9.55. The normalized spacial score (nSPS) is 12.5. The van der Waals surface area contributed by atoms with Crippen LogP contribution in [0.5, 0.6) is 0 Å². The van der Waals surface area contributed by atoms with Gasteiger partial charge in [0.1, 0.15) is 11.5 Å². The first-order valence-corrected chi connectivity index (χ1v) is 12.6. The van der Waals surface area contributed by atoms with Gasteiger partial charge in [-0.1, -0.05) is 66.2 Å². The summed E-state index contributed by atoms with van der Waals surface area (Å²) in [5.74, 6) is -4.15. The first kappa shape index (κ1) is 28.5. The molecule has 0 saturated heterocycles. The van der Waals surface area contributed by atoms with Crippen molar-refractivity contribution >= 4 is 29.4 Å². The van der Waals surface area contributed by atoms with Gasteiger partial charge in [-0.2, -0.15) is 5.10 Å². The molecule has 2 atom stereocenters. The van der Waals surface area contributed by atoms with Crippen molar-refractivity contribution in [1.29, 1.82) is 0 Å². The van der Waals surface area contributed by atoms with Crippen molar-refractivity contribution in [3.8, 4) is 11.1 Å². The van der Waals surface area contributed by atoms with Crippen LogP contribution >= 0.6 is 11.6 Å². The zero-order valence-corrected chi connectivity index (χ0v) is 21.8. The molecule has 4 N–H and O–H groups in total. The number of carbonyl (C=O) groups excluding carboxylic acids is 1. The molecule has 11 heteroatoms. The summed E-state index contributed by atoms with van der Waals surface area (Å²) in [6.07, 6.45) is -1.85. The Hall–Kier alpha value is -4.54. The topological polar surface area (TPSA) is 142 Å². The SMILES string of the molecule is O=C(N[C@H](Cc1ccc(-c2ccccc2)cc1)CC(O)C(=O)O)c1cc(C(=O)O)n(Cc2cc(F)ccc2Cl)n1. The van der Waals surface area contributed by atoms with Crippen molar-refractivity contribution in [3.63, 3.8) is 0 Å². The summed E-state index contributed by atoms with van der Waals surface area (Å²) in [4.78, 5) is 36.2. The number of carboxylic acids is 2. The Morgan fingerprint density at radius 2 is 1.62 bits per heavy atom. The first-order chi connectivity index (χ1) is 19.1. The number of nitrogens with zero attached hydrogens (tertiary/aromatic N) is 2. The van der Waals surface area contributed by atoms with Gasteiger partial charge in [-0.05, 0) is 46.9 Å². The van der Waals surface area contributed by atoms with E-state index in [-0.39, 0.29) is 41.4 Å². The summed E-state index contributed by atoms with van der Waals surface area (Å²) in [6, 6.07) is 21.0. The number of hydrogen-bond acceptors (Lipinski definition) is 5. The lowest BCUT2D eigenvalue weighted by Gasteiger charge is -2.20. The second-order valence-electron chi connectivity index (χ2n) is 9.14. The molecular weight excluding hydrogens is 541 g/mol. The fourth-order valence-electron chi connectivity index (χ4n) is 4.22. The van der Waals surface area contributed by atoms with Gasteiger partial charge in [0.25, 0.3) is 5.91 Å². The number of aliphatic hydroxyl groups is 1. The molecule has 40 heavy (non-hydrogen) atoms. The Kier molecular flexibility index (Phi) is 8.93. The number of amides is 1. The minimum Gasteiger partial charge on any atom is -0.479 e. The summed E-state index contributed by atoms with van der Waals surface area (Å²) in [6.45, 7) is -0.208. The molecule has 4 aromatic rings. The molecule has 0 aliphatic carbocycles. The molecule has 0 fully saturated rings. The summed E-state index contributed by atoms with van der Waals surface area (Å²) in [5, 5.41) is 35.8. The number of aliphatic carboxylic acids is 1. The summed E-state index contributed by atoms with van der Waals surface area (Å²) >= 11 is 6.11. The van der Waals surface area contributed by atoms with E-state index in [4.69, 9.17) is 11.6 Å². The van der Waals surface area contributed by atoms with Crippen LogP contribution < -0.4 is 5.32 Å². The molecule has 4 rings (SSSR count). The third-order valence-corrected chi connectivity index (χ3v) is 6.60. The Morgan fingerprint density at radius 3 is 2.27 bits per heavy atom. The average molecular weight is 566 g/mol. The molecule has 9 nitrogen and oxygen atoms in total. The van der Waals surface area contributed by atoms with E-state index in [0.717, 1.165) is 39.6 Å². The fourth-order valence-corrected chi connectivity index (χ4v) is 4.39. The maximum atomic E-state index is 13.7. The lowest BCUT2D eigenvalue weighted by Crippen LogP contribution is -2.40. The van der Waals surface area contributed by atoms with Crippen molar-refractivity contribution in [1.82, 2.24) is 15.1 Å². The highest BCUT2D eigenvalue weighted by Crippen LogP contribution is 2.21. The lowest BCUT2D eigenvalue weighted by molar-refractivity contribution is -0.147. The van der Waals surface area contributed by atoms with Gasteiger partial charge in [-0.15, -0.1) is 0 Å². The van der Waals surface area contributed by atoms with Crippen LogP contribution in [-0.4, -0.2) is 55.1 Å². The van der Waals surface area contributed by atoms with Crippen molar-refractivity contribution in [2.45, 2.75) is 31.5 Å². The van der Waals surface area contributed by atoms with E-state index in [1.165, 1.54) is 6.07 Å². The molecule has 1 heterocycles. The van der Waals surface area contributed by atoms with Gasteiger partial charge in [0, 0.05) is 23.6 Å². The predicted molar refractivity (Wildman–Crippen MR) is 145 cm³/mol. The van der Waals surface area contributed by atoms with Gasteiger partial charge >= 0.3 is 11.9 Å². The largest absolute Gasteiger partial charge is 0.479 e. The number of benzene rings is 3. The number of hydrogen-bond donors (Lipinski definition) is 4. The molecule has 1 aromatic heterocycles. The number of aromatic nitrogens is 2. The van der Waals surface area contributed by atoms with Crippen LogP contribution in [-0.2, 0) is 17.8 Å². The van der Waals surface area contributed by atoms with E-state index in [1.54, 1.807) is 0 Å². The molecule has 0 aliphatic rings. The molecule has 1 unspecified atom stereocenters. The van der Waals surface area contributed by atoms with Crippen LogP contribution in [0.3, 0.4) is 0 Å². The predicted octanol–water partition coefficient (Wildman–Crippen LogP) is 4.27. The van der Waals surface area contributed by atoms with Gasteiger partial charge in [0.15, 0.2) is 11.8 Å². The number of rotatable bonds is 11. The van der Waals surface area contributed by atoms with Gasteiger partial charge in [0.05, 0.1) is 6.54 Å². The molecule has 0 aliphatic heterocycles. The Balaban J connectivity index is 1.55. The van der Waals surface area contributed by atoms with Crippen LogP contribution in [0.25, 0.3) is 11.1 Å². The van der Waals surface area contributed by atoms with Crippen molar-refractivity contribution in [2.24, 2.45) is 0 Å². The minimum atomic E-state index is -1.74. The minimum absolute atomic E-state index is 0.191. The van der Waals surface area contributed by atoms with Crippen molar-refractivity contribution in [2.75, 3.05) is 0 Å². The highest BCUT2D eigenvalue weighted by molar-refractivity contribution is 6.31. The Morgan fingerprint density at radius 1 is 0.950 bits per heavy atom. The Labute approximate surface area is 233 Å². The number of carboxylic acid groups (broad SMARTS) is 2. The second kappa shape index (κ2) is 12.5. The number of halogens is 2. The van der Waals surface area contributed by atoms with Crippen LogP contribution in [0.1, 0.15) is 38.5 Å². The molecule has 3 aromatic carbocycles. The number of aliphatic hydroxyl groups excluding tert-OH is 1. The van der Waals surface area contributed by atoms with Gasteiger partial charge in [-0.25, -0.2) is 14.0 Å². The third-order valence-electron chi connectivity index (χ3n) is 6.23. The zero-order valence-electron chi connectivity index (χ0n) is 21.0. The van der Waals surface area contributed by atoms with Crippen LogP contribution in [0.2, 0.25) is 5.02 Å². The molecular formula is C29H25ClFN3O6. The van der Waals surface area contributed by atoms with Crippen LogP contribution in [0, 0.1) is 5.82 Å². The molecule has 0 bridgehead atoms. The van der Waals surface area contributed by atoms with E-state index in [2.05, 4.69) is 10.4 Å². The summed E-state index contributed by atoms with van der Waals surface area (Å²) in [5.41, 5.74) is 2.45. The number of aromatic carboxylic acids is 1. The lowest BCUT2D eigenvalue weighted by atomic mass is 9.97. The van der Waals surface area contributed by atoms with Crippen LogP contribution in [0.4, 0.5) is 4.39 Å². The smallest absolute Gasteiger partial charge is 0.354 e. The maximum absolute atomic E-state index is 13.7. The molecule has 1 amide bonds. The monoisotopic (exact) mass is 565 g/mol. The quantitative estimate of drug-likeness (QED) is 0.213. The van der Waals surface area contributed by atoms with Gasteiger partial charge in [0.2, 0.25) is 0 Å². The average Bonchev–Trinajstić information content (AvgIpc) is 3.36. The van der Waals surface area contributed by atoms with Crippen LogP contribution in [0.15, 0.2) is 78.9 Å².